The highest BCUT2D eigenvalue weighted by molar-refractivity contribution is 5.84. The van der Waals surface area contributed by atoms with Crippen molar-refractivity contribution in [2.45, 2.75) is 77.7 Å². The normalized spacial score (nSPS) is 15.4. The lowest BCUT2D eigenvalue weighted by atomic mass is 9.98. The van der Waals surface area contributed by atoms with Gasteiger partial charge in [0.15, 0.2) is 6.04 Å². The standard InChI is InChI=1S/C30H38N2O8/c1-7-17(2)24(27(35)39-18(3)25(26(33)34)32-29(37)40-30(4,5)6)31-28(36)38-16-23-21-14-10-8-12-19(21)20-13-9-11-15-22(20)23/h8-15,17-18,23-25H,7,16H2,1-6H3,(H,31,36)(H,32,37)(H,33,34)/t17-,18-,24-,25-/m0/s1. The van der Waals surface area contributed by atoms with E-state index >= 15 is 0 Å². The van der Waals surface area contributed by atoms with Gasteiger partial charge in [0.05, 0.1) is 0 Å². The van der Waals surface area contributed by atoms with Crippen LogP contribution in [0.25, 0.3) is 11.1 Å². The SMILES string of the molecule is CC[C@H](C)[C@H](NC(=O)OCC1c2ccccc2-c2ccccc21)C(=O)O[C@@H](C)[C@H](NC(=O)OC(C)(C)C)C(=O)O. The van der Waals surface area contributed by atoms with Crippen molar-refractivity contribution in [3.05, 3.63) is 59.7 Å². The smallest absolute Gasteiger partial charge is 0.408 e. The molecule has 0 unspecified atom stereocenters. The van der Waals surface area contributed by atoms with E-state index in [2.05, 4.69) is 10.6 Å². The van der Waals surface area contributed by atoms with Gasteiger partial charge in [-0.15, -0.1) is 0 Å². The summed E-state index contributed by atoms with van der Waals surface area (Å²) in [5, 5.41) is 14.4. The number of nitrogens with one attached hydrogen (secondary N) is 2. The van der Waals surface area contributed by atoms with Crippen molar-refractivity contribution in [2.24, 2.45) is 5.92 Å². The topological polar surface area (TPSA) is 140 Å². The van der Waals surface area contributed by atoms with Gasteiger partial charge in [0.1, 0.15) is 24.4 Å². The number of hydrogen-bond acceptors (Lipinski definition) is 7. The molecule has 0 radical (unpaired) electrons. The fourth-order valence-corrected chi connectivity index (χ4v) is 4.58. The molecule has 2 aromatic carbocycles. The number of carbonyl (C=O) groups is 4. The molecule has 0 heterocycles. The van der Waals surface area contributed by atoms with Crippen molar-refractivity contribution >= 4 is 24.1 Å². The van der Waals surface area contributed by atoms with Gasteiger partial charge in [-0.2, -0.15) is 0 Å². The third kappa shape index (κ3) is 7.52. The van der Waals surface area contributed by atoms with Gasteiger partial charge in [-0.3, -0.25) is 0 Å². The average molecular weight is 555 g/mol. The quantitative estimate of drug-likeness (QED) is 0.280. The first-order valence-electron chi connectivity index (χ1n) is 13.4. The molecule has 0 saturated carbocycles. The summed E-state index contributed by atoms with van der Waals surface area (Å²) in [7, 11) is 0. The van der Waals surface area contributed by atoms with Crippen LogP contribution < -0.4 is 10.6 Å². The Labute approximate surface area is 234 Å². The van der Waals surface area contributed by atoms with Crippen LogP contribution in [0.1, 0.15) is 65.0 Å². The summed E-state index contributed by atoms with van der Waals surface area (Å²) in [5.41, 5.74) is 3.45. The molecule has 1 aliphatic rings. The average Bonchev–Trinajstić information content (AvgIpc) is 3.21. The summed E-state index contributed by atoms with van der Waals surface area (Å²) in [6, 6.07) is 13.2. The van der Waals surface area contributed by atoms with E-state index in [1.165, 1.54) is 6.92 Å². The second-order valence-corrected chi connectivity index (χ2v) is 10.9. The van der Waals surface area contributed by atoms with Gasteiger partial charge in [0.25, 0.3) is 0 Å². The molecule has 216 valence electrons. The summed E-state index contributed by atoms with van der Waals surface area (Å²) < 4.78 is 16.1. The highest BCUT2D eigenvalue weighted by Gasteiger charge is 2.36. The number of ether oxygens (including phenoxy) is 3. The monoisotopic (exact) mass is 554 g/mol. The van der Waals surface area contributed by atoms with Gasteiger partial charge in [0.2, 0.25) is 0 Å². The number of amides is 2. The minimum absolute atomic E-state index is 0.0689. The molecule has 0 saturated heterocycles. The van der Waals surface area contributed by atoms with Crippen molar-refractivity contribution in [3.63, 3.8) is 0 Å². The van der Waals surface area contributed by atoms with E-state index in [4.69, 9.17) is 14.2 Å². The molecule has 0 aliphatic heterocycles. The summed E-state index contributed by atoms with van der Waals surface area (Å²) in [5.74, 6) is -2.74. The lowest BCUT2D eigenvalue weighted by Crippen LogP contribution is -2.53. The van der Waals surface area contributed by atoms with Crippen molar-refractivity contribution < 1.29 is 38.5 Å². The van der Waals surface area contributed by atoms with E-state index in [0.29, 0.717) is 6.42 Å². The fraction of sp³-hybridized carbons (Fsp3) is 0.467. The highest BCUT2D eigenvalue weighted by Crippen LogP contribution is 2.44. The molecule has 0 aromatic heterocycles. The number of benzene rings is 2. The maximum Gasteiger partial charge on any atom is 0.408 e. The maximum absolute atomic E-state index is 13.1. The number of carboxylic acids is 1. The number of carbonyl (C=O) groups excluding carboxylic acids is 3. The van der Waals surface area contributed by atoms with Gasteiger partial charge in [0, 0.05) is 5.92 Å². The zero-order valence-corrected chi connectivity index (χ0v) is 23.7. The zero-order valence-electron chi connectivity index (χ0n) is 23.7. The number of fused-ring (bicyclic) bond motifs is 3. The second kappa shape index (κ2) is 12.8. The van der Waals surface area contributed by atoms with Gasteiger partial charge in [-0.05, 0) is 55.9 Å². The molecule has 4 atom stereocenters. The molecule has 10 nitrogen and oxygen atoms in total. The largest absolute Gasteiger partial charge is 0.480 e. The molecular formula is C30H38N2O8. The Morgan fingerprint density at radius 1 is 0.875 bits per heavy atom. The number of esters is 1. The van der Waals surface area contributed by atoms with E-state index in [1.807, 2.05) is 55.5 Å². The molecule has 2 amide bonds. The lowest BCUT2D eigenvalue weighted by molar-refractivity contribution is -0.157. The number of hydrogen-bond donors (Lipinski definition) is 3. The first kappa shape index (κ1) is 30.5. The molecule has 1 aliphatic carbocycles. The van der Waals surface area contributed by atoms with E-state index in [-0.39, 0.29) is 18.4 Å². The van der Waals surface area contributed by atoms with Crippen molar-refractivity contribution in [1.82, 2.24) is 10.6 Å². The van der Waals surface area contributed by atoms with Crippen molar-refractivity contribution in [2.75, 3.05) is 6.61 Å². The molecule has 40 heavy (non-hydrogen) atoms. The van der Waals surface area contributed by atoms with Crippen LogP contribution in [0.15, 0.2) is 48.5 Å². The molecule has 10 heteroatoms. The van der Waals surface area contributed by atoms with Crippen LogP contribution in [-0.2, 0) is 23.8 Å². The molecule has 2 aromatic rings. The predicted octanol–water partition coefficient (Wildman–Crippen LogP) is 4.85. The highest BCUT2D eigenvalue weighted by atomic mass is 16.6. The van der Waals surface area contributed by atoms with Crippen LogP contribution in [0.3, 0.4) is 0 Å². The number of aliphatic carboxylic acids is 1. The van der Waals surface area contributed by atoms with Crippen LogP contribution in [0.4, 0.5) is 9.59 Å². The minimum Gasteiger partial charge on any atom is -0.480 e. The Kier molecular flexibility index (Phi) is 9.78. The number of alkyl carbamates (subject to hydrolysis) is 2. The summed E-state index contributed by atoms with van der Waals surface area (Å²) in [6.45, 7) is 9.92. The maximum atomic E-state index is 13.1. The Balaban J connectivity index is 1.65. The summed E-state index contributed by atoms with van der Waals surface area (Å²) in [6.07, 6.45) is -2.49. The van der Waals surface area contributed by atoms with E-state index in [9.17, 15) is 24.3 Å². The van der Waals surface area contributed by atoms with E-state index in [1.54, 1.807) is 27.7 Å². The Morgan fingerprint density at radius 2 is 1.40 bits per heavy atom. The number of carboxylic acid groups (broad SMARTS) is 1. The molecular weight excluding hydrogens is 516 g/mol. The first-order valence-corrected chi connectivity index (χ1v) is 13.4. The molecule has 0 fully saturated rings. The fourth-order valence-electron chi connectivity index (χ4n) is 4.58. The summed E-state index contributed by atoms with van der Waals surface area (Å²) >= 11 is 0. The van der Waals surface area contributed by atoms with Crippen molar-refractivity contribution in [1.29, 1.82) is 0 Å². The lowest BCUT2D eigenvalue weighted by Gasteiger charge is -2.28. The Morgan fingerprint density at radius 3 is 1.90 bits per heavy atom. The molecule has 0 spiro atoms. The predicted molar refractivity (Wildman–Crippen MR) is 148 cm³/mol. The van der Waals surface area contributed by atoms with Crippen LogP contribution in [0.2, 0.25) is 0 Å². The van der Waals surface area contributed by atoms with E-state index in [0.717, 1.165) is 22.3 Å². The number of rotatable bonds is 10. The van der Waals surface area contributed by atoms with Gasteiger partial charge < -0.3 is 30.0 Å². The Bertz CT molecular complexity index is 1190. The van der Waals surface area contributed by atoms with Gasteiger partial charge >= 0.3 is 24.1 Å². The minimum atomic E-state index is -1.56. The first-order chi connectivity index (χ1) is 18.8. The molecule has 3 rings (SSSR count). The third-order valence-corrected chi connectivity index (χ3v) is 6.79. The van der Waals surface area contributed by atoms with Crippen LogP contribution >= 0.6 is 0 Å². The Hall–Kier alpha value is -4.08. The third-order valence-electron chi connectivity index (χ3n) is 6.79. The molecule has 3 N–H and O–H groups in total. The van der Waals surface area contributed by atoms with E-state index < -0.39 is 47.9 Å². The zero-order chi connectivity index (χ0) is 29.6. The second-order valence-electron chi connectivity index (χ2n) is 10.9. The van der Waals surface area contributed by atoms with Crippen LogP contribution in [-0.4, -0.2) is 59.6 Å². The van der Waals surface area contributed by atoms with Crippen LogP contribution in [0.5, 0.6) is 0 Å². The van der Waals surface area contributed by atoms with Crippen molar-refractivity contribution in [3.8, 4) is 11.1 Å². The van der Waals surface area contributed by atoms with Gasteiger partial charge in [-0.1, -0.05) is 68.8 Å². The summed E-state index contributed by atoms with van der Waals surface area (Å²) in [4.78, 5) is 49.9. The van der Waals surface area contributed by atoms with Gasteiger partial charge in [-0.25, -0.2) is 19.2 Å². The molecule has 0 bridgehead atoms. The van der Waals surface area contributed by atoms with Crippen LogP contribution in [0, 0.1) is 5.92 Å².